The molecule has 1 unspecified atom stereocenters. The number of nitrogens with zero attached hydrogens (tertiary/aromatic N) is 1. The molecule has 0 aromatic heterocycles. The summed E-state index contributed by atoms with van der Waals surface area (Å²) in [5, 5.41) is 24.4. The van der Waals surface area contributed by atoms with Crippen LogP contribution in [-0.2, 0) is 41.7 Å². The Morgan fingerprint density at radius 3 is 2.23 bits per heavy atom. The summed E-state index contributed by atoms with van der Waals surface area (Å²) in [5.74, 6) is -4.73. The van der Waals surface area contributed by atoms with Crippen molar-refractivity contribution in [2.24, 2.45) is 0 Å². The molecule has 0 spiro atoms. The number of amides is 3. The number of morpholine rings is 1. The molecule has 4 rings (SSSR count). The van der Waals surface area contributed by atoms with Gasteiger partial charge in [0.05, 0.1) is 12.1 Å². The molecule has 1 heterocycles. The Morgan fingerprint density at radius 1 is 1.02 bits per heavy atom. The van der Waals surface area contributed by atoms with Crippen LogP contribution in [0, 0.1) is 0 Å². The van der Waals surface area contributed by atoms with E-state index in [0.29, 0.717) is 17.5 Å². The van der Waals surface area contributed by atoms with Gasteiger partial charge in [-0.2, -0.15) is 0 Å². The summed E-state index contributed by atoms with van der Waals surface area (Å²) in [6.07, 6.45) is 2.06. The molecule has 2 aliphatic rings. The first-order chi connectivity index (χ1) is 20.4. The number of fused-ring (bicyclic) bond motifs is 1. The minimum atomic E-state index is -1.94. The van der Waals surface area contributed by atoms with Crippen molar-refractivity contribution < 1.29 is 38.9 Å². The summed E-state index contributed by atoms with van der Waals surface area (Å²) in [6, 6.07) is 16.2. The zero-order valence-corrected chi connectivity index (χ0v) is 24.5. The molecule has 43 heavy (non-hydrogen) atoms. The van der Waals surface area contributed by atoms with Crippen molar-refractivity contribution in [1.29, 1.82) is 0 Å². The summed E-state index contributed by atoms with van der Waals surface area (Å²) in [7, 11) is 0. The van der Waals surface area contributed by atoms with Crippen LogP contribution in [-0.4, -0.2) is 74.1 Å². The lowest BCUT2D eigenvalue weighted by Crippen LogP contribution is -2.71. The van der Waals surface area contributed by atoms with Crippen LogP contribution in [0.2, 0.25) is 0 Å². The third-order valence-corrected chi connectivity index (χ3v) is 8.40. The number of rotatable bonds is 12. The SMILES string of the molecule is CC1(C(=O)N(Cc2ccccc2)[C@](C)(Cc2ccccc2)C(=O)N[C@H](CCC(=O)O)C(=O)O)O[C@H]2CCCC[C@@H]2NC1=O. The Balaban J connectivity index is 1.78. The van der Waals surface area contributed by atoms with Gasteiger partial charge in [-0.1, -0.05) is 73.5 Å². The fourth-order valence-electron chi connectivity index (χ4n) is 5.84. The van der Waals surface area contributed by atoms with Gasteiger partial charge in [0.25, 0.3) is 11.8 Å². The van der Waals surface area contributed by atoms with Gasteiger partial charge in [0, 0.05) is 19.4 Å². The molecular formula is C32H39N3O8. The summed E-state index contributed by atoms with van der Waals surface area (Å²) in [4.78, 5) is 66.9. The Kier molecular flexibility index (Phi) is 9.85. The van der Waals surface area contributed by atoms with Gasteiger partial charge in [-0.05, 0) is 44.2 Å². The van der Waals surface area contributed by atoms with E-state index in [9.17, 15) is 29.1 Å². The van der Waals surface area contributed by atoms with Crippen molar-refractivity contribution in [2.75, 3.05) is 0 Å². The van der Waals surface area contributed by atoms with Gasteiger partial charge in [0.15, 0.2) is 0 Å². The molecule has 5 atom stereocenters. The molecule has 230 valence electrons. The molecule has 1 saturated carbocycles. The molecule has 3 amide bonds. The maximum absolute atomic E-state index is 14.7. The van der Waals surface area contributed by atoms with Crippen molar-refractivity contribution in [3.8, 4) is 0 Å². The highest BCUT2D eigenvalue weighted by atomic mass is 16.5. The average molecular weight is 594 g/mol. The number of hydrogen-bond acceptors (Lipinski definition) is 6. The van der Waals surface area contributed by atoms with Gasteiger partial charge < -0.3 is 30.5 Å². The lowest BCUT2D eigenvalue weighted by Gasteiger charge is -2.48. The van der Waals surface area contributed by atoms with Crippen LogP contribution in [0.4, 0.5) is 0 Å². The van der Waals surface area contributed by atoms with Gasteiger partial charge in [-0.3, -0.25) is 19.2 Å². The van der Waals surface area contributed by atoms with Gasteiger partial charge in [0.2, 0.25) is 11.5 Å². The second kappa shape index (κ2) is 13.4. The van der Waals surface area contributed by atoms with Gasteiger partial charge in [-0.25, -0.2) is 4.79 Å². The van der Waals surface area contributed by atoms with Crippen molar-refractivity contribution in [3.05, 3.63) is 71.8 Å². The first-order valence-corrected chi connectivity index (χ1v) is 14.6. The second-order valence-corrected chi connectivity index (χ2v) is 11.7. The number of carbonyl (C=O) groups excluding carboxylic acids is 3. The van der Waals surface area contributed by atoms with Crippen LogP contribution in [0.25, 0.3) is 0 Å². The predicted octanol–water partition coefficient (Wildman–Crippen LogP) is 2.67. The fourth-order valence-corrected chi connectivity index (χ4v) is 5.84. The van der Waals surface area contributed by atoms with E-state index >= 15 is 0 Å². The summed E-state index contributed by atoms with van der Waals surface area (Å²) in [5.41, 5.74) is -2.30. The van der Waals surface area contributed by atoms with Crippen molar-refractivity contribution in [3.63, 3.8) is 0 Å². The minimum Gasteiger partial charge on any atom is -0.481 e. The Bertz CT molecular complexity index is 1340. The number of benzene rings is 2. The summed E-state index contributed by atoms with van der Waals surface area (Å²) < 4.78 is 6.29. The van der Waals surface area contributed by atoms with E-state index in [1.165, 1.54) is 18.7 Å². The van der Waals surface area contributed by atoms with Crippen molar-refractivity contribution in [2.45, 2.75) is 94.7 Å². The van der Waals surface area contributed by atoms with E-state index in [-0.39, 0.29) is 31.5 Å². The molecule has 11 nitrogen and oxygen atoms in total. The molecule has 11 heteroatoms. The monoisotopic (exact) mass is 593 g/mol. The van der Waals surface area contributed by atoms with Gasteiger partial charge in [-0.15, -0.1) is 0 Å². The fraction of sp³-hybridized carbons (Fsp3) is 0.469. The highest BCUT2D eigenvalue weighted by Gasteiger charge is 2.56. The first-order valence-electron chi connectivity index (χ1n) is 14.6. The quantitative estimate of drug-likeness (QED) is 0.273. The molecule has 1 aliphatic heterocycles. The molecular weight excluding hydrogens is 554 g/mol. The number of aliphatic carboxylic acids is 2. The third-order valence-electron chi connectivity index (χ3n) is 8.40. The summed E-state index contributed by atoms with van der Waals surface area (Å²) >= 11 is 0. The van der Waals surface area contributed by atoms with E-state index in [0.717, 1.165) is 19.3 Å². The zero-order chi connectivity index (χ0) is 31.2. The molecule has 1 saturated heterocycles. The van der Waals surface area contributed by atoms with Gasteiger partial charge >= 0.3 is 11.9 Å². The van der Waals surface area contributed by atoms with E-state index < -0.39 is 53.3 Å². The lowest BCUT2D eigenvalue weighted by atomic mass is 9.85. The van der Waals surface area contributed by atoms with E-state index in [2.05, 4.69) is 10.6 Å². The smallest absolute Gasteiger partial charge is 0.326 e. The Morgan fingerprint density at radius 2 is 1.63 bits per heavy atom. The molecule has 2 aromatic rings. The summed E-state index contributed by atoms with van der Waals surface area (Å²) in [6.45, 7) is 2.87. The van der Waals surface area contributed by atoms with E-state index in [4.69, 9.17) is 9.84 Å². The molecule has 1 aliphatic carbocycles. The van der Waals surface area contributed by atoms with Crippen LogP contribution in [0.1, 0.15) is 63.5 Å². The number of carboxylic acids is 2. The largest absolute Gasteiger partial charge is 0.481 e. The molecule has 4 N–H and O–H groups in total. The third kappa shape index (κ3) is 7.22. The average Bonchev–Trinajstić information content (AvgIpc) is 2.98. The number of nitrogens with one attached hydrogen (secondary N) is 2. The van der Waals surface area contributed by atoms with Crippen molar-refractivity contribution >= 4 is 29.7 Å². The van der Waals surface area contributed by atoms with E-state index in [1.807, 2.05) is 12.1 Å². The number of carbonyl (C=O) groups is 5. The highest BCUT2D eigenvalue weighted by Crippen LogP contribution is 2.35. The normalized spacial score (nSPS) is 23.5. The van der Waals surface area contributed by atoms with Crippen LogP contribution < -0.4 is 10.6 Å². The number of carboxylic acid groups (broad SMARTS) is 2. The Hall–Kier alpha value is -4.25. The van der Waals surface area contributed by atoms with Crippen molar-refractivity contribution in [1.82, 2.24) is 15.5 Å². The maximum atomic E-state index is 14.7. The van der Waals surface area contributed by atoms with Crippen LogP contribution in [0.3, 0.4) is 0 Å². The Labute approximate surface area is 250 Å². The van der Waals surface area contributed by atoms with E-state index in [1.54, 1.807) is 48.5 Å². The molecule has 0 bridgehead atoms. The lowest BCUT2D eigenvalue weighted by molar-refractivity contribution is -0.192. The molecule has 2 fully saturated rings. The van der Waals surface area contributed by atoms with Crippen LogP contribution in [0.15, 0.2) is 60.7 Å². The highest BCUT2D eigenvalue weighted by molar-refractivity contribution is 6.10. The minimum absolute atomic E-state index is 0.0206. The number of hydrogen-bond donors (Lipinski definition) is 4. The van der Waals surface area contributed by atoms with Crippen LogP contribution >= 0.6 is 0 Å². The molecule has 0 radical (unpaired) electrons. The topological polar surface area (TPSA) is 162 Å². The van der Waals surface area contributed by atoms with Crippen LogP contribution in [0.5, 0.6) is 0 Å². The molecule has 2 aromatic carbocycles. The first kappa shape index (κ1) is 31.7. The standard InChI is InChI=1S/C32H39N3O8/c1-31(19-21-11-5-3-6-12-21,28(40)34-24(27(38)39)17-18-26(36)37)35(20-22-13-7-4-8-14-22)30(42)32(2)29(41)33-23-15-9-10-16-25(23)43-32/h3-8,11-14,23-25H,9-10,15-20H2,1-2H3,(H,33,41)(H,34,40)(H,36,37)(H,38,39)/t23-,24+,25-,31+,32?/m0/s1. The second-order valence-electron chi connectivity index (χ2n) is 11.7. The van der Waals surface area contributed by atoms with Gasteiger partial charge in [0.1, 0.15) is 11.6 Å². The predicted molar refractivity (Wildman–Crippen MR) is 156 cm³/mol. The zero-order valence-electron chi connectivity index (χ0n) is 24.5. The number of ether oxygens (including phenoxy) is 1. The maximum Gasteiger partial charge on any atom is 0.326 e.